The topological polar surface area (TPSA) is 30.5 Å². The van der Waals surface area contributed by atoms with E-state index in [0.29, 0.717) is 19.3 Å². The predicted molar refractivity (Wildman–Crippen MR) is 84.2 cm³/mol. The first kappa shape index (κ1) is 16.7. The molecule has 0 unspecified atom stereocenters. The molecule has 20 heavy (non-hydrogen) atoms. The van der Waals surface area contributed by atoms with Crippen LogP contribution in [0.2, 0.25) is 0 Å². The van der Waals surface area contributed by atoms with E-state index in [-0.39, 0.29) is 0 Å². The lowest BCUT2D eigenvalue weighted by molar-refractivity contribution is 0.102. The summed E-state index contributed by atoms with van der Waals surface area (Å²) in [5.74, 6) is 0.900. The van der Waals surface area contributed by atoms with Crippen LogP contribution in [0, 0.1) is 0 Å². The molecule has 0 aromatic heterocycles. The van der Waals surface area contributed by atoms with Gasteiger partial charge in [-0.05, 0) is 31.0 Å². The smallest absolute Gasteiger partial charge is 0.119 e. The number of nitrogens with one attached hydrogen (secondary N) is 1. The Morgan fingerprint density at radius 1 is 1.25 bits per heavy atom. The van der Waals surface area contributed by atoms with E-state index in [1.165, 1.54) is 5.56 Å². The lowest BCUT2D eigenvalue weighted by atomic mass is 10.2. The van der Waals surface area contributed by atoms with Gasteiger partial charge in [0.15, 0.2) is 0 Å². The zero-order valence-electron chi connectivity index (χ0n) is 12.9. The number of hydrogen-bond donors (Lipinski definition) is 1. The van der Waals surface area contributed by atoms with Gasteiger partial charge in [-0.3, -0.25) is 0 Å². The fraction of sp³-hybridized carbons (Fsp3) is 0.529. The Hall–Kier alpha value is -1.32. The maximum absolute atomic E-state index is 5.69. The molecule has 0 aliphatic rings. The van der Waals surface area contributed by atoms with Gasteiger partial charge >= 0.3 is 0 Å². The summed E-state index contributed by atoms with van der Waals surface area (Å²) in [5.41, 5.74) is 2.38. The van der Waals surface area contributed by atoms with Gasteiger partial charge in [-0.1, -0.05) is 31.6 Å². The van der Waals surface area contributed by atoms with Crippen LogP contribution in [0.25, 0.3) is 0 Å². The molecule has 3 nitrogen and oxygen atoms in total. The van der Waals surface area contributed by atoms with Crippen LogP contribution in [0.3, 0.4) is 0 Å². The van der Waals surface area contributed by atoms with Crippen molar-refractivity contribution in [1.82, 2.24) is 5.32 Å². The van der Waals surface area contributed by atoms with Gasteiger partial charge < -0.3 is 14.8 Å². The van der Waals surface area contributed by atoms with Crippen molar-refractivity contribution in [2.24, 2.45) is 0 Å². The second-order valence-electron chi connectivity index (χ2n) is 5.35. The number of hydrogen-bond acceptors (Lipinski definition) is 3. The second-order valence-corrected chi connectivity index (χ2v) is 5.35. The summed E-state index contributed by atoms with van der Waals surface area (Å²) in [6.45, 7) is 12.9. The van der Waals surface area contributed by atoms with Gasteiger partial charge in [0, 0.05) is 12.6 Å². The third-order valence-electron chi connectivity index (χ3n) is 2.78. The van der Waals surface area contributed by atoms with E-state index < -0.39 is 0 Å². The van der Waals surface area contributed by atoms with Crippen molar-refractivity contribution in [1.29, 1.82) is 0 Å². The Kier molecular flexibility index (Phi) is 8.00. The molecule has 0 saturated heterocycles. The van der Waals surface area contributed by atoms with Crippen LogP contribution < -0.4 is 10.1 Å². The molecule has 0 aliphatic carbocycles. The molecule has 0 radical (unpaired) electrons. The normalized spacial score (nSPS) is 10.8. The quantitative estimate of drug-likeness (QED) is 0.524. The molecule has 0 heterocycles. The summed E-state index contributed by atoms with van der Waals surface area (Å²) in [6, 6.07) is 8.66. The lowest BCUT2D eigenvalue weighted by Gasteiger charge is -2.11. The second kappa shape index (κ2) is 9.56. The first-order chi connectivity index (χ1) is 9.58. The molecule has 0 bridgehead atoms. The molecule has 0 aliphatic heterocycles. The highest BCUT2D eigenvalue weighted by molar-refractivity contribution is 5.28. The summed E-state index contributed by atoms with van der Waals surface area (Å²) < 4.78 is 11.2. The Balaban J connectivity index is 2.23. The molecule has 1 N–H and O–H groups in total. The Morgan fingerprint density at radius 3 is 2.75 bits per heavy atom. The highest BCUT2D eigenvalue weighted by atomic mass is 16.5. The fourth-order valence-electron chi connectivity index (χ4n) is 1.63. The van der Waals surface area contributed by atoms with Crippen LogP contribution in [-0.2, 0) is 11.3 Å². The van der Waals surface area contributed by atoms with Crippen LogP contribution in [-0.4, -0.2) is 25.9 Å². The molecule has 1 rings (SSSR count). The van der Waals surface area contributed by atoms with Crippen LogP contribution >= 0.6 is 0 Å². The molecule has 3 heteroatoms. The number of rotatable bonds is 10. The van der Waals surface area contributed by atoms with Gasteiger partial charge in [-0.2, -0.15) is 0 Å². The highest BCUT2D eigenvalue weighted by Gasteiger charge is 1.99. The fourth-order valence-corrected chi connectivity index (χ4v) is 1.63. The maximum atomic E-state index is 5.69. The Bertz CT molecular complexity index is 402. The van der Waals surface area contributed by atoms with Gasteiger partial charge in [0.25, 0.3) is 0 Å². The zero-order chi connectivity index (χ0) is 14.8. The SMILES string of the molecule is C=C(C)CCOCCOc1cccc(CNC(C)C)c1. The van der Waals surface area contributed by atoms with Crippen LogP contribution in [0.4, 0.5) is 0 Å². The first-order valence-corrected chi connectivity index (χ1v) is 7.25. The molecule has 1 aromatic rings. The van der Waals surface area contributed by atoms with Gasteiger partial charge in [-0.25, -0.2) is 0 Å². The van der Waals surface area contributed by atoms with E-state index in [1.54, 1.807) is 0 Å². The summed E-state index contributed by atoms with van der Waals surface area (Å²) >= 11 is 0. The van der Waals surface area contributed by atoms with Crippen molar-refractivity contribution in [3.05, 3.63) is 42.0 Å². The minimum atomic E-state index is 0.487. The predicted octanol–water partition coefficient (Wildman–Crippen LogP) is 3.55. The van der Waals surface area contributed by atoms with Gasteiger partial charge in [-0.15, -0.1) is 6.58 Å². The monoisotopic (exact) mass is 277 g/mol. The van der Waals surface area contributed by atoms with Crippen LogP contribution in [0.1, 0.15) is 32.8 Å². The standard InChI is InChI=1S/C17H27NO2/c1-14(2)8-9-19-10-11-20-17-7-5-6-16(12-17)13-18-15(3)4/h5-7,12,15,18H,1,8-11,13H2,2-4H3. The molecule has 1 aromatic carbocycles. The minimum Gasteiger partial charge on any atom is -0.491 e. The first-order valence-electron chi connectivity index (χ1n) is 7.25. The van der Waals surface area contributed by atoms with Crippen LogP contribution in [0.15, 0.2) is 36.4 Å². The molecule has 0 atom stereocenters. The van der Waals surface area contributed by atoms with E-state index in [4.69, 9.17) is 9.47 Å². The zero-order valence-corrected chi connectivity index (χ0v) is 12.9. The number of ether oxygens (including phenoxy) is 2. The van der Waals surface area contributed by atoms with Gasteiger partial charge in [0.2, 0.25) is 0 Å². The summed E-state index contributed by atoms with van der Waals surface area (Å²) in [7, 11) is 0. The number of benzene rings is 1. The van der Waals surface area contributed by atoms with Gasteiger partial charge in [0.1, 0.15) is 12.4 Å². The highest BCUT2D eigenvalue weighted by Crippen LogP contribution is 2.13. The molecular formula is C17H27NO2. The van der Waals surface area contributed by atoms with Crippen molar-refractivity contribution in [3.8, 4) is 5.75 Å². The third kappa shape index (κ3) is 7.97. The van der Waals surface area contributed by atoms with Crippen molar-refractivity contribution in [3.63, 3.8) is 0 Å². The van der Waals surface area contributed by atoms with Crippen LogP contribution in [0.5, 0.6) is 5.75 Å². The Labute approximate surface area is 123 Å². The van der Waals surface area contributed by atoms with Gasteiger partial charge in [0.05, 0.1) is 13.2 Å². The average molecular weight is 277 g/mol. The molecule has 0 saturated carbocycles. The third-order valence-corrected chi connectivity index (χ3v) is 2.78. The van der Waals surface area contributed by atoms with E-state index in [1.807, 2.05) is 19.1 Å². The van der Waals surface area contributed by atoms with E-state index in [2.05, 4.69) is 37.9 Å². The Morgan fingerprint density at radius 2 is 2.05 bits per heavy atom. The minimum absolute atomic E-state index is 0.487. The average Bonchev–Trinajstić information content (AvgIpc) is 2.40. The van der Waals surface area contributed by atoms with Crippen molar-refractivity contribution < 1.29 is 9.47 Å². The molecule has 112 valence electrons. The largest absolute Gasteiger partial charge is 0.491 e. The van der Waals surface area contributed by atoms with Crippen molar-refractivity contribution in [2.75, 3.05) is 19.8 Å². The molecule has 0 fully saturated rings. The van der Waals surface area contributed by atoms with Crippen molar-refractivity contribution >= 4 is 0 Å². The summed E-state index contributed by atoms with van der Waals surface area (Å²) in [5, 5.41) is 3.40. The molecule has 0 spiro atoms. The van der Waals surface area contributed by atoms with E-state index in [0.717, 1.165) is 30.9 Å². The van der Waals surface area contributed by atoms with E-state index in [9.17, 15) is 0 Å². The lowest BCUT2D eigenvalue weighted by Crippen LogP contribution is -2.21. The molecular weight excluding hydrogens is 250 g/mol. The summed E-state index contributed by atoms with van der Waals surface area (Å²) in [6.07, 6.45) is 0.913. The molecule has 0 amide bonds. The maximum Gasteiger partial charge on any atom is 0.119 e. The summed E-state index contributed by atoms with van der Waals surface area (Å²) in [4.78, 5) is 0. The van der Waals surface area contributed by atoms with Crippen molar-refractivity contribution in [2.45, 2.75) is 39.8 Å². The van der Waals surface area contributed by atoms with E-state index >= 15 is 0 Å².